The molecule has 0 spiro atoms. The van der Waals surface area contributed by atoms with Crippen LogP contribution in [0.15, 0.2) is 50.6 Å². The molecule has 7 nitrogen and oxygen atoms in total. The Morgan fingerprint density at radius 2 is 1.92 bits per heavy atom. The van der Waals surface area contributed by atoms with Gasteiger partial charge in [0.2, 0.25) is 0 Å². The highest BCUT2D eigenvalue weighted by molar-refractivity contribution is 6.01. The maximum Gasteiger partial charge on any atom is 0.348 e. The lowest BCUT2D eigenvalue weighted by molar-refractivity contribution is 0.414. The van der Waals surface area contributed by atoms with E-state index in [1.165, 1.54) is 6.07 Å². The Bertz CT molecular complexity index is 1030. The van der Waals surface area contributed by atoms with Crippen molar-refractivity contribution in [2.75, 3.05) is 7.11 Å². The van der Waals surface area contributed by atoms with Gasteiger partial charge < -0.3 is 14.3 Å². The number of methoxy groups -OCH3 is 1. The second kappa shape index (κ2) is 6.87. The van der Waals surface area contributed by atoms with Crippen molar-refractivity contribution < 1.29 is 14.3 Å². The molecule has 2 heterocycles. The fourth-order valence-electron chi connectivity index (χ4n) is 2.64. The number of rotatable bonds is 4. The number of aromatic nitrogens is 2. The van der Waals surface area contributed by atoms with E-state index >= 15 is 0 Å². The molecule has 0 fully saturated rings. The van der Waals surface area contributed by atoms with Crippen LogP contribution < -0.4 is 10.4 Å². The lowest BCUT2D eigenvalue weighted by Gasteiger charge is -2.07. The van der Waals surface area contributed by atoms with E-state index < -0.39 is 5.63 Å². The second-order valence-corrected chi connectivity index (χ2v) is 5.86. The number of aryl methyl sites for hydroxylation is 2. The van der Waals surface area contributed by atoms with Crippen molar-refractivity contribution in [3.8, 4) is 17.2 Å². The first kappa shape index (κ1) is 17.5. The minimum absolute atomic E-state index is 0.0377. The van der Waals surface area contributed by atoms with Crippen LogP contribution in [0.25, 0.3) is 5.69 Å². The van der Waals surface area contributed by atoms with Crippen LogP contribution in [0.5, 0.6) is 11.5 Å². The normalized spacial score (nSPS) is 11.6. The summed E-state index contributed by atoms with van der Waals surface area (Å²) in [7, 11) is 1.60. The van der Waals surface area contributed by atoms with E-state index in [2.05, 4.69) is 10.1 Å². The minimum atomic E-state index is -0.629. The summed E-state index contributed by atoms with van der Waals surface area (Å²) in [6, 6.07) is 10.6. The summed E-state index contributed by atoms with van der Waals surface area (Å²) in [5.41, 5.74) is 1.32. The first-order valence-electron chi connectivity index (χ1n) is 7.99. The number of hydrogen-bond acceptors (Lipinski definition) is 6. The molecule has 1 N–H and O–H groups in total. The molecule has 0 saturated carbocycles. The van der Waals surface area contributed by atoms with Crippen molar-refractivity contribution in [1.82, 2.24) is 9.78 Å². The van der Waals surface area contributed by atoms with Gasteiger partial charge in [0, 0.05) is 12.1 Å². The quantitative estimate of drug-likeness (QED) is 0.727. The second-order valence-electron chi connectivity index (χ2n) is 5.86. The summed E-state index contributed by atoms with van der Waals surface area (Å²) in [6.07, 6.45) is 0. The molecular weight excluding hydrogens is 334 g/mol. The van der Waals surface area contributed by atoms with Gasteiger partial charge in [-0.05, 0) is 45.0 Å². The van der Waals surface area contributed by atoms with E-state index in [0.717, 1.165) is 17.1 Å². The predicted octanol–water partition coefficient (Wildman–Crippen LogP) is 3.30. The van der Waals surface area contributed by atoms with E-state index in [1.807, 2.05) is 31.2 Å². The summed E-state index contributed by atoms with van der Waals surface area (Å²) in [5.74, 6) is 1.45. The minimum Gasteiger partial charge on any atom is -0.507 e. The lowest BCUT2D eigenvalue weighted by Crippen LogP contribution is -2.13. The Balaban J connectivity index is 2.08. The molecule has 134 valence electrons. The van der Waals surface area contributed by atoms with Crippen molar-refractivity contribution >= 4 is 11.5 Å². The van der Waals surface area contributed by atoms with Crippen LogP contribution in [0, 0.1) is 13.8 Å². The van der Waals surface area contributed by atoms with E-state index in [-0.39, 0.29) is 11.3 Å². The third-order valence-corrected chi connectivity index (χ3v) is 3.83. The summed E-state index contributed by atoms with van der Waals surface area (Å²) >= 11 is 0. The molecule has 0 aliphatic rings. The van der Waals surface area contributed by atoms with Crippen LogP contribution in [-0.4, -0.2) is 27.7 Å². The van der Waals surface area contributed by atoms with Crippen LogP contribution in [0.4, 0.5) is 5.82 Å². The van der Waals surface area contributed by atoms with Gasteiger partial charge in [-0.1, -0.05) is 0 Å². The summed E-state index contributed by atoms with van der Waals surface area (Å²) in [5, 5.41) is 14.5. The van der Waals surface area contributed by atoms with Crippen LogP contribution in [0.3, 0.4) is 0 Å². The van der Waals surface area contributed by atoms with Crippen molar-refractivity contribution in [1.29, 1.82) is 0 Å². The number of nitrogens with zero attached hydrogens (tertiary/aromatic N) is 3. The van der Waals surface area contributed by atoms with Crippen LogP contribution in [0.2, 0.25) is 0 Å². The number of aromatic hydroxyl groups is 1. The topological polar surface area (TPSA) is 89.8 Å². The average Bonchev–Trinajstić information content (AvgIpc) is 2.94. The monoisotopic (exact) mass is 353 g/mol. The molecule has 3 aromatic rings. The van der Waals surface area contributed by atoms with Gasteiger partial charge in [-0.3, -0.25) is 0 Å². The highest BCUT2D eigenvalue weighted by atomic mass is 16.5. The zero-order valence-corrected chi connectivity index (χ0v) is 15.0. The summed E-state index contributed by atoms with van der Waals surface area (Å²) < 4.78 is 11.9. The maximum atomic E-state index is 12.1. The molecule has 1 aromatic carbocycles. The number of hydrogen-bond donors (Lipinski definition) is 1. The van der Waals surface area contributed by atoms with Gasteiger partial charge in [0.15, 0.2) is 5.82 Å². The smallest absolute Gasteiger partial charge is 0.348 e. The Kier molecular flexibility index (Phi) is 4.62. The first-order valence-corrected chi connectivity index (χ1v) is 7.99. The summed E-state index contributed by atoms with van der Waals surface area (Å²) in [4.78, 5) is 16.6. The summed E-state index contributed by atoms with van der Waals surface area (Å²) in [6.45, 7) is 5.09. The zero-order chi connectivity index (χ0) is 18.8. The zero-order valence-electron chi connectivity index (χ0n) is 15.0. The van der Waals surface area contributed by atoms with Gasteiger partial charge in [-0.15, -0.1) is 0 Å². The van der Waals surface area contributed by atoms with E-state index in [0.29, 0.717) is 17.3 Å². The van der Waals surface area contributed by atoms with Gasteiger partial charge in [0.05, 0.1) is 24.2 Å². The fraction of sp³-hybridized carbons (Fsp3) is 0.211. The Morgan fingerprint density at radius 1 is 1.23 bits per heavy atom. The molecule has 0 bridgehead atoms. The molecule has 0 aliphatic carbocycles. The highest BCUT2D eigenvalue weighted by Gasteiger charge is 2.15. The number of aliphatic imine (C=N–C) groups is 1. The SMILES string of the molecule is COc1ccc(-n2nc(C)cc2/N=C(\C)c2c(O)cc(C)oc2=O)cc1. The van der Waals surface area contributed by atoms with Gasteiger partial charge >= 0.3 is 5.63 Å². The van der Waals surface area contributed by atoms with Gasteiger partial charge in [0.25, 0.3) is 0 Å². The molecule has 26 heavy (non-hydrogen) atoms. The van der Waals surface area contributed by atoms with Crippen LogP contribution in [0.1, 0.15) is 23.9 Å². The number of benzene rings is 1. The largest absolute Gasteiger partial charge is 0.507 e. The molecule has 2 aromatic heterocycles. The highest BCUT2D eigenvalue weighted by Crippen LogP contribution is 2.24. The predicted molar refractivity (Wildman–Crippen MR) is 98.1 cm³/mol. The van der Waals surface area contributed by atoms with Crippen molar-refractivity contribution in [2.24, 2.45) is 4.99 Å². The number of ether oxygens (including phenoxy) is 1. The third kappa shape index (κ3) is 3.37. The fourth-order valence-corrected chi connectivity index (χ4v) is 2.64. The van der Waals surface area contributed by atoms with E-state index in [4.69, 9.17) is 9.15 Å². The van der Waals surface area contributed by atoms with Crippen molar-refractivity contribution in [3.05, 3.63) is 63.8 Å². The molecule has 0 saturated heterocycles. The molecule has 0 amide bonds. The van der Waals surface area contributed by atoms with Gasteiger partial charge in [-0.2, -0.15) is 5.10 Å². The molecule has 3 rings (SSSR count). The molecule has 0 radical (unpaired) electrons. The molecule has 0 unspecified atom stereocenters. The average molecular weight is 353 g/mol. The molecule has 0 atom stereocenters. The lowest BCUT2D eigenvalue weighted by atomic mass is 10.1. The van der Waals surface area contributed by atoms with Crippen LogP contribution in [-0.2, 0) is 0 Å². The maximum absolute atomic E-state index is 12.1. The molecule has 0 aliphatic heterocycles. The van der Waals surface area contributed by atoms with Crippen molar-refractivity contribution in [3.63, 3.8) is 0 Å². The molecule has 7 heteroatoms. The Morgan fingerprint density at radius 3 is 2.54 bits per heavy atom. The van der Waals surface area contributed by atoms with E-state index in [1.54, 1.807) is 31.7 Å². The third-order valence-electron chi connectivity index (χ3n) is 3.83. The Hall–Kier alpha value is -3.35. The molecular formula is C19H19N3O4. The van der Waals surface area contributed by atoms with Gasteiger partial charge in [-0.25, -0.2) is 14.5 Å². The van der Waals surface area contributed by atoms with Gasteiger partial charge in [0.1, 0.15) is 22.8 Å². The first-order chi connectivity index (χ1) is 12.4. The standard InChI is InChI=1S/C19H19N3O4/c1-11-9-17(22(21-11)14-5-7-15(25-4)8-6-14)20-13(3)18-16(23)10-12(2)26-19(18)24/h5-10,23H,1-4H3/b20-13+. The van der Waals surface area contributed by atoms with Crippen molar-refractivity contribution in [2.45, 2.75) is 20.8 Å². The Labute approximate surface area is 150 Å². The van der Waals surface area contributed by atoms with Crippen LogP contribution >= 0.6 is 0 Å². The van der Waals surface area contributed by atoms with E-state index in [9.17, 15) is 9.90 Å².